The van der Waals surface area contributed by atoms with Gasteiger partial charge in [-0.3, -0.25) is 0 Å². The molecule has 0 fully saturated rings. The molecule has 0 spiro atoms. The quantitative estimate of drug-likeness (QED) is 0.114. The number of ether oxygens (including phenoxy) is 3. The molecular weight excluding hydrogens is 903 g/mol. The maximum atomic E-state index is 15.5. The molecule has 16 nitrogen and oxygen atoms in total. The molecule has 0 saturated carbocycles. The highest BCUT2D eigenvalue weighted by atomic mass is 127. The van der Waals surface area contributed by atoms with E-state index < -0.39 is 59.7 Å². The number of tetrazole rings is 1. The van der Waals surface area contributed by atoms with Crippen LogP contribution < -0.4 is 14.2 Å². The van der Waals surface area contributed by atoms with E-state index in [-0.39, 0.29) is 34.6 Å². The van der Waals surface area contributed by atoms with E-state index >= 15 is 8.42 Å². The summed E-state index contributed by atoms with van der Waals surface area (Å²) in [5, 5.41) is 31.8. The number of benzene rings is 4. The summed E-state index contributed by atoms with van der Waals surface area (Å²) < 4.78 is 77.9. The van der Waals surface area contributed by atoms with Gasteiger partial charge in [-0.2, -0.15) is 9.10 Å². The van der Waals surface area contributed by atoms with E-state index in [4.69, 9.17) is 14.2 Å². The molecule has 310 valence electrons. The third-order valence-electron chi connectivity index (χ3n) is 9.24. The summed E-state index contributed by atoms with van der Waals surface area (Å²) in [6.07, 6.45) is -1.42. The number of sulfone groups is 1. The lowest BCUT2D eigenvalue weighted by Crippen LogP contribution is -2.51. The molecule has 0 bridgehead atoms. The van der Waals surface area contributed by atoms with Crippen molar-refractivity contribution >= 4 is 48.5 Å². The second-order valence-electron chi connectivity index (χ2n) is 14.1. The molecule has 0 aliphatic rings. The van der Waals surface area contributed by atoms with Crippen LogP contribution in [0.2, 0.25) is 0 Å². The van der Waals surface area contributed by atoms with Crippen LogP contribution in [0.25, 0.3) is 11.4 Å². The van der Waals surface area contributed by atoms with Gasteiger partial charge >= 0.3 is 6.09 Å². The lowest BCUT2D eigenvalue weighted by atomic mass is 10.1. The fourth-order valence-corrected chi connectivity index (χ4v) is 10.8. The molecule has 5 rings (SSSR count). The third-order valence-corrected chi connectivity index (χ3v) is 14.3. The number of hydrogen-bond acceptors (Lipinski definition) is 12. The minimum atomic E-state index is -4.87. The van der Waals surface area contributed by atoms with Gasteiger partial charge in [0.25, 0.3) is 0 Å². The maximum absolute atomic E-state index is 15.5. The lowest BCUT2D eigenvalue weighted by Gasteiger charge is -2.35. The van der Waals surface area contributed by atoms with Crippen LogP contribution in [0.3, 0.4) is 0 Å². The number of aromatic nitrogens is 4. The van der Waals surface area contributed by atoms with Gasteiger partial charge in [0.15, 0.2) is 9.84 Å². The second-order valence-corrected chi connectivity index (χ2v) is 19.4. The van der Waals surface area contributed by atoms with Crippen molar-refractivity contribution in [3.05, 3.63) is 105 Å². The summed E-state index contributed by atoms with van der Waals surface area (Å²) in [4.78, 5) is 13.2. The van der Waals surface area contributed by atoms with E-state index in [0.717, 1.165) is 20.8 Å². The molecule has 4 aromatic carbocycles. The van der Waals surface area contributed by atoms with Crippen molar-refractivity contribution in [1.82, 2.24) is 29.4 Å². The number of aliphatic hydroxyl groups is 1. The van der Waals surface area contributed by atoms with Crippen molar-refractivity contribution in [3.8, 4) is 28.6 Å². The molecule has 19 heteroatoms. The average Bonchev–Trinajstić information content (AvgIpc) is 3.65. The molecule has 0 saturated heterocycles. The number of methoxy groups -OCH3 is 3. The summed E-state index contributed by atoms with van der Waals surface area (Å²) in [5.41, 5.74) is 0.698. The Morgan fingerprint density at radius 2 is 1.28 bits per heavy atom. The maximum Gasteiger partial charge on any atom is 0.407 e. The Morgan fingerprint density at radius 3 is 1.71 bits per heavy atom. The average molecular weight is 949 g/mol. The minimum absolute atomic E-state index is 0.138. The Hall–Kier alpha value is -4.83. The largest absolute Gasteiger partial charge is 0.497 e. The summed E-state index contributed by atoms with van der Waals surface area (Å²) in [6.45, 7) is 2.80. The number of carbonyl (C=O) groups is 1. The molecule has 5 aromatic rings. The molecule has 1 heterocycles. The fourth-order valence-electron chi connectivity index (χ4n) is 6.03. The predicted molar refractivity (Wildman–Crippen MR) is 223 cm³/mol. The van der Waals surface area contributed by atoms with E-state index in [1.807, 2.05) is 22.6 Å². The first-order chi connectivity index (χ1) is 27.4. The number of carboxylic acid groups (broad SMARTS) is 1. The van der Waals surface area contributed by atoms with Gasteiger partial charge in [0.2, 0.25) is 15.8 Å². The first-order valence-electron chi connectivity index (χ1n) is 17.8. The number of nitrogens with zero attached hydrogens (tertiary/aromatic N) is 6. The van der Waals surface area contributed by atoms with Crippen molar-refractivity contribution in [2.24, 2.45) is 0 Å². The Bertz CT molecular complexity index is 2370. The van der Waals surface area contributed by atoms with Gasteiger partial charge in [0.1, 0.15) is 27.4 Å². The highest BCUT2D eigenvalue weighted by Gasteiger charge is 2.42. The molecule has 0 aliphatic heterocycles. The summed E-state index contributed by atoms with van der Waals surface area (Å²) in [7, 11) is -5.15. The van der Waals surface area contributed by atoms with Crippen molar-refractivity contribution in [2.45, 2.75) is 61.0 Å². The van der Waals surface area contributed by atoms with Crippen molar-refractivity contribution in [1.29, 1.82) is 0 Å². The predicted octanol–water partition coefficient (Wildman–Crippen LogP) is 5.32. The number of amides is 1. The normalized spacial score (nSPS) is 12.6. The molecule has 1 amide bonds. The first kappa shape index (κ1) is 44.3. The van der Waals surface area contributed by atoms with E-state index in [0.29, 0.717) is 28.4 Å². The summed E-state index contributed by atoms with van der Waals surface area (Å²) in [5.74, 6) is 1.56. The standard InChI is InChI=1S/C39H45IN6O10S2/c1-39(2,3)45(38(48)49)24-32(25-47)57(50,51)34-20-19-33(40)35(37-41-43-46(42-37)23-28-11-17-31(56-6)18-12-28)36(34)58(52,53)44(21-26-7-13-29(54-4)14-8-26)22-27-9-15-30(55-5)16-10-27/h7-20,32,47H,21-25H2,1-6H3,(H,48,49)/t32-/m0/s1. The Balaban J connectivity index is 1.74. The monoisotopic (exact) mass is 948 g/mol. The second kappa shape index (κ2) is 18.4. The molecule has 0 radical (unpaired) electrons. The fraction of sp³-hybridized carbons (Fsp3) is 0.333. The first-order valence-corrected chi connectivity index (χ1v) is 21.8. The number of rotatable bonds is 17. The molecule has 58 heavy (non-hydrogen) atoms. The number of hydrogen-bond donors (Lipinski definition) is 2. The van der Waals surface area contributed by atoms with Gasteiger partial charge in [0.05, 0.1) is 44.9 Å². The SMILES string of the molecule is COc1ccc(CN(Cc2ccc(OC)cc2)S(=O)(=O)c2c(S(=O)(=O)[C@H](CO)CN(C(=O)O)C(C)(C)C)ccc(I)c2-c2nnn(Cc3ccc(OC)cc3)n2)cc1. The van der Waals surface area contributed by atoms with Crippen LogP contribution >= 0.6 is 22.6 Å². The third kappa shape index (κ3) is 10.1. The van der Waals surface area contributed by atoms with Crippen LogP contribution in [0.15, 0.2) is 94.7 Å². The van der Waals surface area contributed by atoms with Crippen molar-refractivity contribution in [3.63, 3.8) is 0 Å². The van der Waals surface area contributed by atoms with E-state index in [2.05, 4.69) is 15.4 Å². The number of sulfonamides is 1. The molecule has 0 aliphatic carbocycles. The molecule has 0 unspecified atom stereocenters. The lowest BCUT2D eigenvalue weighted by molar-refractivity contribution is 0.0960. The summed E-state index contributed by atoms with van der Waals surface area (Å²) in [6, 6.07) is 23.2. The number of aliphatic hydroxyl groups excluding tert-OH is 1. The molecule has 2 N–H and O–H groups in total. The Kier molecular flexibility index (Phi) is 14.0. The van der Waals surface area contributed by atoms with Crippen LogP contribution in [0, 0.1) is 3.57 Å². The smallest absolute Gasteiger partial charge is 0.407 e. The van der Waals surface area contributed by atoms with E-state index in [9.17, 15) is 23.4 Å². The van der Waals surface area contributed by atoms with Gasteiger partial charge in [0, 0.05) is 28.7 Å². The van der Waals surface area contributed by atoms with Crippen LogP contribution in [0.4, 0.5) is 4.79 Å². The van der Waals surface area contributed by atoms with Gasteiger partial charge < -0.3 is 29.3 Å². The Morgan fingerprint density at radius 1 is 0.793 bits per heavy atom. The van der Waals surface area contributed by atoms with Gasteiger partial charge in [-0.25, -0.2) is 21.6 Å². The zero-order chi connectivity index (χ0) is 42.4. The zero-order valence-corrected chi connectivity index (χ0v) is 36.5. The highest BCUT2D eigenvalue weighted by Crippen LogP contribution is 2.39. The zero-order valence-electron chi connectivity index (χ0n) is 32.7. The van der Waals surface area contributed by atoms with Crippen molar-refractivity contribution in [2.75, 3.05) is 34.5 Å². The van der Waals surface area contributed by atoms with Gasteiger partial charge in [-0.1, -0.05) is 36.4 Å². The highest BCUT2D eigenvalue weighted by molar-refractivity contribution is 14.1. The van der Waals surface area contributed by atoms with Gasteiger partial charge in [-0.15, -0.1) is 10.2 Å². The van der Waals surface area contributed by atoms with Crippen LogP contribution in [0.5, 0.6) is 17.2 Å². The summed E-state index contributed by atoms with van der Waals surface area (Å²) >= 11 is 1.90. The molecular formula is C39H45IN6O10S2. The molecule has 1 aromatic heterocycles. The minimum Gasteiger partial charge on any atom is -0.497 e. The van der Waals surface area contributed by atoms with Crippen LogP contribution in [-0.4, -0.2) is 108 Å². The molecule has 1 atom stereocenters. The topological polar surface area (TPSA) is 204 Å². The van der Waals surface area contributed by atoms with E-state index in [1.54, 1.807) is 101 Å². The van der Waals surface area contributed by atoms with Crippen LogP contribution in [0.1, 0.15) is 37.5 Å². The Labute approximate surface area is 351 Å². The van der Waals surface area contributed by atoms with E-state index in [1.165, 1.54) is 25.1 Å². The van der Waals surface area contributed by atoms with Crippen molar-refractivity contribution < 1.29 is 46.1 Å². The van der Waals surface area contributed by atoms with Crippen LogP contribution in [-0.2, 0) is 39.5 Å². The van der Waals surface area contributed by atoms with Gasteiger partial charge in [-0.05, 0) is 114 Å². The number of halogens is 1.